The van der Waals surface area contributed by atoms with Gasteiger partial charge < -0.3 is 25.2 Å². The Morgan fingerprint density at radius 3 is 2.70 bits per heavy atom. The molecule has 0 spiro atoms. The van der Waals surface area contributed by atoms with Crippen LogP contribution in [-0.4, -0.2) is 69.3 Å². The van der Waals surface area contributed by atoms with Crippen molar-refractivity contribution >= 4 is 33.3 Å². The molecule has 4 aliphatic rings. The lowest BCUT2D eigenvalue weighted by Crippen LogP contribution is -2.35. The molecule has 9 rings (SSSR count). The lowest BCUT2D eigenvalue weighted by atomic mass is 9.87. The van der Waals surface area contributed by atoms with Crippen LogP contribution in [0.5, 0.6) is 17.6 Å². The van der Waals surface area contributed by atoms with E-state index in [0.717, 1.165) is 43.4 Å². The Morgan fingerprint density at radius 2 is 1.92 bits per heavy atom. The summed E-state index contributed by atoms with van der Waals surface area (Å²) in [7, 11) is 1.40. The van der Waals surface area contributed by atoms with Gasteiger partial charge in [0.2, 0.25) is 5.88 Å². The second-order valence-electron chi connectivity index (χ2n) is 13.5. The van der Waals surface area contributed by atoms with Crippen LogP contribution < -0.4 is 20.1 Å². The third-order valence-electron chi connectivity index (χ3n) is 10.6. The van der Waals surface area contributed by atoms with Crippen molar-refractivity contribution in [2.45, 2.75) is 50.6 Å². The number of nitrogen functional groups attached to an aromatic ring is 1. The van der Waals surface area contributed by atoms with Crippen molar-refractivity contribution in [1.29, 1.82) is 0 Å². The quantitative estimate of drug-likeness (QED) is 0.147. The molecule has 2 fully saturated rings. The Bertz CT molecular complexity index is 2350. The fourth-order valence-electron chi connectivity index (χ4n) is 8.23. The largest absolute Gasteiger partial charge is 0.508 e. The predicted molar refractivity (Wildman–Crippen MR) is 192 cm³/mol. The second kappa shape index (κ2) is 13.7. The van der Waals surface area contributed by atoms with E-state index in [4.69, 9.17) is 21.6 Å². The van der Waals surface area contributed by atoms with E-state index >= 15 is 4.39 Å². The van der Waals surface area contributed by atoms with Crippen LogP contribution in [0.1, 0.15) is 54.8 Å². The van der Waals surface area contributed by atoms with Gasteiger partial charge in [0.05, 0.1) is 25.3 Å². The average Bonchev–Trinajstić information content (AvgIpc) is 3.73. The summed E-state index contributed by atoms with van der Waals surface area (Å²) in [6, 6.07) is 7.53. The zero-order valence-electron chi connectivity index (χ0n) is 28.8. The van der Waals surface area contributed by atoms with Crippen molar-refractivity contribution in [2.24, 2.45) is 0 Å². The third-order valence-corrected chi connectivity index (χ3v) is 10.6. The number of pyridine rings is 2. The summed E-state index contributed by atoms with van der Waals surface area (Å²) in [4.78, 5) is 22.1. The van der Waals surface area contributed by atoms with Crippen LogP contribution >= 0.6 is 0 Å². The highest BCUT2D eigenvalue weighted by Crippen LogP contribution is 2.46. The number of terminal acetylenes is 1. The lowest BCUT2D eigenvalue weighted by Gasteiger charge is -2.36. The van der Waals surface area contributed by atoms with Crippen LogP contribution in [-0.2, 0) is 6.42 Å². The first-order valence-electron chi connectivity index (χ1n) is 17.4. The minimum Gasteiger partial charge on any atom is -0.508 e. The van der Waals surface area contributed by atoms with Gasteiger partial charge in [0.25, 0.3) is 6.08 Å². The van der Waals surface area contributed by atoms with Gasteiger partial charge in [-0.1, -0.05) is 12.0 Å². The number of methoxy groups -OCH3 is 1. The Labute approximate surface area is 302 Å². The summed E-state index contributed by atoms with van der Waals surface area (Å²) in [5.41, 5.74) is 8.46. The molecule has 2 atom stereocenters. The molecule has 6 heterocycles. The number of phenolic OH excluding ortho intramolecular Hbond substituents is 1. The van der Waals surface area contributed by atoms with Crippen molar-refractivity contribution in [3.8, 4) is 41.2 Å². The molecule has 1 aliphatic carbocycles. The molecular formula is C39H35F4N7O3. The molecule has 0 amide bonds. The summed E-state index contributed by atoms with van der Waals surface area (Å²) in [5.74, 6) is 1.61. The summed E-state index contributed by atoms with van der Waals surface area (Å²) < 4.78 is 67.2. The molecule has 10 nitrogen and oxygen atoms in total. The number of anilines is 2. The van der Waals surface area contributed by atoms with Crippen LogP contribution in [0.3, 0.4) is 0 Å². The number of hydrogen-bond donors (Lipinski definition) is 2. The minimum atomic E-state index is -1.44. The molecule has 53 heavy (non-hydrogen) atoms. The van der Waals surface area contributed by atoms with Crippen molar-refractivity contribution in [2.75, 3.05) is 44.0 Å². The van der Waals surface area contributed by atoms with Crippen LogP contribution in [0.2, 0.25) is 0 Å². The number of halogens is 4. The Morgan fingerprint density at radius 1 is 1.08 bits per heavy atom. The first-order chi connectivity index (χ1) is 25.7. The van der Waals surface area contributed by atoms with E-state index in [1.54, 1.807) is 6.20 Å². The molecule has 2 aromatic carbocycles. The summed E-state index contributed by atoms with van der Waals surface area (Å²) in [6.45, 7) is 2.12. The number of nitrogens with two attached hydrogens (primary N) is 1. The number of fused-ring (bicyclic) bond motifs is 3. The van der Waals surface area contributed by atoms with Gasteiger partial charge in [0.1, 0.15) is 46.4 Å². The highest BCUT2D eigenvalue weighted by molar-refractivity contribution is 6.04. The van der Waals surface area contributed by atoms with Gasteiger partial charge in [0, 0.05) is 40.9 Å². The molecule has 2 unspecified atom stereocenters. The van der Waals surface area contributed by atoms with E-state index in [2.05, 4.69) is 30.8 Å². The van der Waals surface area contributed by atoms with Gasteiger partial charge in [-0.2, -0.15) is 18.7 Å². The molecule has 5 aromatic rings. The SMILES string of the molecule is C#Cc1c(F)ccc2cc(O)cc(-c3nc4c5c(nc(OC)nc5c3F)N(C3CCCc5ccnc(N)c53)CCO4)c12.FC(F)=C1CC2CCCN2C1. The van der Waals surface area contributed by atoms with E-state index in [1.165, 1.54) is 37.8 Å². The minimum absolute atomic E-state index is 0.0577. The summed E-state index contributed by atoms with van der Waals surface area (Å²) in [5, 5.41) is 11.4. The molecule has 14 heteroatoms. The van der Waals surface area contributed by atoms with E-state index in [-0.39, 0.29) is 63.4 Å². The van der Waals surface area contributed by atoms with E-state index in [0.29, 0.717) is 48.1 Å². The summed E-state index contributed by atoms with van der Waals surface area (Å²) in [6.07, 6.45) is 11.4. The number of aromatic hydroxyl groups is 1. The fourth-order valence-corrected chi connectivity index (χ4v) is 8.23. The first kappa shape index (κ1) is 34.4. The molecule has 3 N–H and O–H groups in total. The fraction of sp³-hybridized carbons (Fsp3) is 0.333. The molecule has 2 saturated heterocycles. The Hall–Kier alpha value is -5.68. The maximum atomic E-state index is 16.7. The molecule has 272 valence electrons. The molecule has 3 aromatic heterocycles. The molecule has 0 bridgehead atoms. The van der Waals surface area contributed by atoms with Crippen LogP contribution in [0.4, 0.5) is 29.2 Å². The number of rotatable bonds is 3. The zero-order valence-corrected chi connectivity index (χ0v) is 28.8. The molecule has 3 aliphatic heterocycles. The highest BCUT2D eigenvalue weighted by atomic mass is 19.3. The third kappa shape index (κ3) is 5.98. The van der Waals surface area contributed by atoms with Crippen molar-refractivity contribution < 1.29 is 32.1 Å². The number of aryl methyl sites for hydroxylation is 1. The number of benzene rings is 2. The smallest absolute Gasteiger partial charge is 0.318 e. The van der Waals surface area contributed by atoms with Gasteiger partial charge in [-0.05, 0) is 80.3 Å². The Balaban J connectivity index is 0.000000310. The topological polar surface area (TPSA) is 123 Å². The number of nitrogens with zero attached hydrogens (tertiary/aromatic N) is 6. The van der Waals surface area contributed by atoms with Gasteiger partial charge in [0.15, 0.2) is 5.82 Å². The number of phenols is 1. The molecular weight excluding hydrogens is 690 g/mol. The van der Waals surface area contributed by atoms with Crippen molar-refractivity contribution in [1.82, 2.24) is 24.8 Å². The molecule has 0 radical (unpaired) electrons. The second-order valence-corrected chi connectivity index (χ2v) is 13.5. The lowest BCUT2D eigenvalue weighted by molar-refractivity contribution is 0.313. The normalized spacial score (nSPS) is 19.2. The van der Waals surface area contributed by atoms with Crippen molar-refractivity contribution in [3.05, 3.63) is 76.5 Å². The highest BCUT2D eigenvalue weighted by Gasteiger charge is 2.36. The van der Waals surface area contributed by atoms with E-state index < -0.39 is 17.7 Å². The maximum absolute atomic E-state index is 16.7. The number of aromatic nitrogens is 4. The van der Waals surface area contributed by atoms with Crippen LogP contribution in [0, 0.1) is 24.0 Å². The first-order valence-corrected chi connectivity index (χ1v) is 17.4. The van der Waals surface area contributed by atoms with Crippen LogP contribution in [0.15, 0.2) is 48.2 Å². The standard InChI is InChI=1S/C31H24F2N6O3.C8H11F2N/c1-3-18-20(32)8-7-16-13-17(40)14-19(22(16)18)26-25(33)27-24-29(38-31(37-27)41-2)39(11-12-42-30(24)36-26)21-6-4-5-15-9-10-35-28(34)23(15)21;9-8(10)6-4-7-2-1-3-11(7)5-6/h1,7-10,13-14,21,40H,4-6,11-12H2,2H3,(H2,34,35);7H,1-5H2. The zero-order chi connectivity index (χ0) is 37.0. The van der Waals surface area contributed by atoms with Crippen molar-refractivity contribution in [3.63, 3.8) is 0 Å². The predicted octanol–water partition coefficient (Wildman–Crippen LogP) is 7.08. The maximum Gasteiger partial charge on any atom is 0.318 e. The monoisotopic (exact) mass is 725 g/mol. The van der Waals surface area contributed by atoms with Gasteiger partial charge in [-0.3, -0.25) is 4.90 Å². The van der Waals surface area contributed by atoms with E-state index in [1.807, 2.05) is 11.0 Å². The van der Waals surface area contributed by atoms with E-state index in [9.17, 15) is 18.3 Å². The van der Waals surface area contributed by atoms with Gasteiger partial charge >= 0.3 is 6.01 Å². The average molecular weight is 726 g/mol. The van der Waals surface area contributed by atoms with Gasteiger partial charge in [-0.25, -0.2) is 18.7 Å². The van der Waals surface area contributed by atoms with Gasteiger partial charge in [-0.15, -0.1) is 6.42 Å². The summed E-state index contributed by atoms with van der Waals surface area (Å²) >= 11 is 0. The van der Waals surface area contributed by atoms with Crippen LogP contribution in [0.25, 0.3) is 32.9 Å². The Kier molecular flexibility index (Phi) is 8.90. The number of hydrogen-bond acceptors (Lipinski definition) is 10. The number of ether oxygens (including phenoxy) is 2. The molecule has 0 saturated carbocycles.